The van der Waals surface area contributed by atoms with Crippen LogP contribution in [-0.4, -0.2) is 27.5 Å². The van der Waals surface area contributed by atoms with Crippen molar-refractivity contribution < 1.29 is 18.6 Å². The van der Waals surface area contributed by atoms with E-state index >= 15 is 0 Å². The van der Waals surface area contributed by atoms with Gasteiger partial charge in [0.1, 0.15) is 10.6 Å². The molecule has 0 fully saturated rings. The van der Waals surface area contributed by atoms with Crippen molar-refractivity contribution in [2.75, 3.05) is 17.5 Å². The average Bonchev–Trinajstić information content (AvgIpc) is 2.66. The van der Waals surface area contributed by atoms with Crippen LogP contribution < -0.4 is 13.9 Å². The zero-order valence-corrected chi connectivity index (χ0v) is 16.3. The molecule has 0 saturated heterocycles. The molecule has 0 spiro atoms. The molecule has 0 aromatic heterocycles. The first kappa shape index (κ1) is 20.5. The van der Waals surface area contributed by atoms with Crippen LogP contribution in [-0.2, 0) is 29.4 Å². The number of benzene rings is 2. The molecule has 1 aliphatic rings. The predicted octanol–water partition coefficient (Wildman–Crippen LogP) is 2.43. The number of fused-ring (bicyclic) bond motifs is 1. The fraction of sp³-hybridized carbons (Fsp3) is 0.333. The summed E-state index contributed by atoms with van der Waals surface area (Å²) in [5.41, 5.74) is 3.61. The molecule has 8 heteroatoms. The van der Waals surface area contributed by atoms with Gasteiger partial charge in [0, 0.05) is 18.3 Å². The number of rotatable bonds is 5. The number of aryl methyl sites for hydroxylation is 1. The Morgan fingerprint density at radius 3 is 2.65 bits per heavy atom. The monoisotopic (exact) mass is 398 g/mol. The van der Waals surface area contributed by atoms with Crippen molar-refractivity contribution in [3.05, 3.63) is 53.1 Å². The highest BCUT2D eigenvalue weighted by molar-refractivity contribution is 7.94. The Labute approximate surface area is 159 Å². The topological polar surface area (TPSA) is 90.1 Å². The summed E-state index contributed by atoms with van der Waals surface area (Å²) >= 11 is 6.27. The molecule has 0 bridgehead atoms. The lowest BCUT2D eigenvalue weighted by Gasteiger charge is -2.22. The van der Waals surface area contributed by atoms with Gasteiger partial charge in [-0.25, -0.2) is 0 Å². The molecule has 2 aromatic carbocycles. The van der Waals surface area contributed by atoms with Crippen molar-refractivity contribution in [1.82, 2.24) is 5.32 Å². The smallest absolute Gasteiger partial charge is 0.281 e. The second-order valence-electron chi connectivity index (χ2n) is 5.94. The maximum absolute atomic E-state index is 13.0. The quantitative estimate of drug-likeness (QED) is 0.783. The second-order valence-corrected chi connectivity index (χ2v) is 8.23. The lowest BCUT2D eigenvalue weighted by Crippen LogP contribution is -2.25. The summed E-state index contributed by atoms with van der Waals surface area (Å²) in [5.74, 6) is 0.280. The van der Waals surface area contributed by atoms with E-state index in [1.54, 1.807) is 18.2 Å². The number of methoxy groups -OCH3 is 1. The second kappa shape index (κ2) is 8.26. The Hall–Kier alpha value is -1.80. The van der Waals surface area contributed by atoms with Crippen LogP contribution in [0, 0.1) is 0 Å². The summed E-state index contributed by atoms with van der Waals surface area (Å²) in [6.45, 7) is 3.60. The van der Waals surface area contributed by atoms with E-state index in [4.69, 9.17) is 16.5 Å². The third-order valence-corrected chi connectivity index (χ3v) is 6.65. The highest BCUT2D eigenvalue weighted by atomic mass is 35.5. The molecule has 0 unspecified atom stereocenters. The van der Waals surface area contributed by atoms with Crippen LogP contribution in [0.3, 0.4) is 0 Å². The average molecular weight is 399 g/mol. The van der Waals surface area contributed by atoms with Crippen molar-refractivity contribution in [3.63, 3.8) is 0 Å². The Kier molecular flexibility index (Phi) is 6.52. The van der Waals surface area contributed by atoms with Gasteiger partial charge in [-0.2, -0.15) is 12.2 Å². The number of hydrogen-bond donors (Lipinski definition) is 1. The number of nitrogens with one attached hydrogen (secondary N) is 1. The first-order chi connectivity index (χ1) is 12.0. The van der Waals surface area contributed by atoms with Crippen molar-refractivity contribution >= 4 is 27.5 Å². The molecule has 3 N–H and O–H groups in total. The Morgan fingerprint density at radius 2 is 1.96 bits per heavy atom. The molecule has 0 radical (unpaired) electrons. The van der Waals surface area contributed by atoms with Crippen LogP contribution in [0.25, 0.3) is 0 Å². The van der Waals surface area contributed by atoms with Crippen LogP contribution in [0.2, 0.25) is 0 Å². The molecule has 0 atom stereocenters. The van der Waals surface area contributed by atoms with Gasteiger partial charge in [-0.1, -0.05) is 19.1 Å². The molecule has 3 rings (SSSR count). The van der Waals surface area contributed by atoms with E-state index < -0.39 is 10.0 Å². The first-order valence-electron chi connectivity index (χ1n) is 8.18. The SMILES string of the molecule is CCc1ccc(OC)c(S(=O)(=O)N(Cl)c2ccc3c(c2)CNCC3)c1.O. The van der Waals surface area contributed by atoms with Crippen molar-refractivity contribution in [2.45, 2.75) is 31.2 Å². The summed E-state index contributed by atoms with van der Waals surface area (Å²) in [5, 5.41) is 3.28. The fourth-order valence-corrected chi connectivity index (χ4v) is 4.54. The van der Waals surface area contributed by atoms with Gasteiger partial charge in [0.15, 0.2) is 0 Å². The van der Waals surface area contributed by atoms with Crippen LogP contribution >= 0.6 is 11.8 Å². The van der Waals surface area contributed by atoms with Crippen molar-refractivity contribution in [1.29, 1.82) is 0 Å². The summed E-state index contributed by atoms with van der Waals surface area (Å²) in [4.78, 5) is 0.0696. The minimum absolute atomic E-state index is 0. The lowest BCUT2D eigenvalue weighted by atomic mass is 10.0. The maximum atomic E-state index is 13.0. The van der Waals surface area contributed by atoms with Crippen molar-refractivity contribution in [2.24, 2.45) is 0 Å². The summed E-state index contributed by atoms with van der Waals surface area (Å²) in [6, 6.07) is 10.6. The van der Waals surface area contributed by atoms with Gasteiger partial charge in [-0.05, 0) is 60.3 Å². The van der Waals surface area contributed by atoms with Gasteiger partial charge in [0.25, 0.3) is 10.0 Å². The number of sulfonamides is 1. The summed E-state index contributed by atoms with van der Waals surface area (Å²) in [6.07, 6.45) is 1.65. The van der Waals surface area contributed by atoms with Gasteiger partial charge in [-0.3, -0.25) is 0 Å². The van der Waals surface area contributed by atoms with E-state index in [0.29, 0.717) is 12.2 Å². The van der Waals surface area contributed by atoms with Crippen LogP contribution in [0.15, 0.2) is 41.3 Å². The summed E-state index contributed by atoms with van der Waals surface area (Å²) < 4.78 is 32.1. The highest BCUT2D eigenvalue weighted by Gasteiger charge is 2.28. The molecule has 6 nitrogen and oxygen atoms in total. The van der Waals surface area contributed by atoms with Gasteiger partial charge >= 0.3 is 0 Å². The minimum Gasteiger partial charge on any atom is -0.495 e. The fourth-order valence-electron chi connectivity index (χ4n) is 2.94. The van der Waals surface area contributed by atoms with E-state index in [2.05, 4.69) is 5.32 Å². The van der Waals surface area contributed by atoms with E-state index in [1.165, 1.54) is 12.7 Å². The van der Waals surface area contributed by atoms with Crippen LogP contribution in [0.5, 0.6) is 5.75 Å². The highest BCUT2D eigenvalue weighted by Crippen LogP contribution is 2.33. The van der Waals surface area contributed by atoms with E-state index in [1.807, 2.05) is 25.1 Å². The molecule has 26 heavy (non-hydrogen) atoms. The molecule has 1 heterocycles. The number of nitrogens with zero attached hydrogens (tertiary/aromatic N) is 1. The summed E-state index contributed by atoms with van der Waals surface area (Å²) in [7, 11) is -2.49. The number of ether oxygens (including phenoxy) is 1. The molecule has 1 aliphatic heterocycles. The Balaban J connectivity index is 0.00000243. The van der Waals surface area contributed by atoms with E-state index in [9.17, 15) is 8.42 Å². The van der Waals surface area contributed by atoms with Gasteiger partial charge in [0.2, 0.25) is 0 Å². The van der Waals surface area contributed by atoms with E-state index in [0.717, 1.165) is 34.3 Å². The van der Waals surface area contributed by atoms with Gasteiger partial charge in [0.05, 0.1) is 12.8 Å². The van der Waals surface area contributed by atoms with Gasteiger partial charge in [-0.15, -0.1) is 0 Å². The first-order valence-corrected chi connectivity index (χ1v) is 9.95. The van der Waals surface area contributed by atoms with Gasteiger partial charge < -0.3 is 15.5 Å². The minimum atomic E-state index is -3.94. The number of halogens is 1. The third-order valence-electron chi connectivity index (χ3n) is 4.40. The molecular weight excluding hydrogens is 376 g/mol. The molecule has 2 aromatic rings. The molecule has 142 valence electrons. The molecule has 0 amide bonds. The predicted molar refractivity (Wildman–Crippen MR) is 103 cm³/mol. The lowest BCUT2D eigenvalue weighted by molar-refractivity contribution is 0.402. The maximum Gasteiger partial charge on any atom is 0.281 e. The number of hydrogen-bond acceptors (Lipinski definition) is 4. The normalized spacial score (nSPS) is 13.5. The zero-order chi connectivity index (χ0) is 18.0. The molecule has 0 saturated carbocycles. The van der Waals surface area contributed by atoms with Crippen LogP contribution in [0.4, 0.5) is 5.69 Å². The van der Waals surface area contributed by atoms with E-state index in [-0.39, 0.29) is 16.1 Å². The standard InChI is InChI=1S/C18H21ClN2O3S.H2O/c1-3-13-4-7-17(24-2)18(10-13)25(22,23)21(19)16-6-5-14-8-9-20-12-15(14)11-16;/h4-7,10-11,20H,3,8-9,12H2,1-2H3;1H2. The number of anilines is 1. The van der Waals surface area contributed by atoms with Crippen LogP contribution in [0.1, 0.15) is 23.6 Å². The zero-order valence-electron chi connectivity index (χ0n) is 14.8. The third kappa shape index (κ3) is 3.81. The Bertz CT molecular complexity index is 887. The Morgan fingerprint density at radius 1 is 1.19 bits per heavy atom. The molecule has 0 aliphatic carbocycles. The van der Waals surface area contributed by atoms with Crippen molar-refractivity contribution in [3.8, 4) is 5.75 Å². The largest absolute Gasteiger partial charge is 0.495 e. The molecular formula is C18H23ClN2O4S.